The number of fused-ring (bicyclic) bond motifs is 3. The third-order valence-corrected chi connectivity index (χ3v) is 9.20. The minimum Gasteiger partial charge on any atom is -0.444 e. The first-order valence-corrected chi connectivity index (χ1v) is 15.0. The molecule has 1 unspecified atom stereocenters. The maximum atomic E-state index is 12.8. The summed E-state index contributed by atoms with van der Waals surface area (Å²) in [5, 5.41) is 0. The van der Waals surface area contributed by atoms with Gasteiger partial charge in [0.2, 0.25) is 0 Å². The van der Waals surface area contributed by atoms with Crippen molar-refractivity contribution in [1.29, 1.82) is 0 Å². The second-order valence-electron chi connectivity index (χ2n) is 11.6. The van der Waals surface area contributed by atoms with E-state index < -0.39 is 21.0 Å². The number of carbonyl (C=O) groups is 1. The van der Waals surface area contributed by atoms with Gasteiger partial charge in [-0.25, -0.2) is 9.78 Å². The number of hydrogen-bond acceptors (Lipinski definition) is 5. The summed E-state index contributed by atoms with van der Waals surface area (Å²) in [7, 11) is -0.670. The molecule has 2 aliphatic rings. The second-order valence-corrected chi connectivity index (χ2v) is 13.4. The predicted molar refractivity (Wildman–Crippen MR) is 141 cm³/mol. The molecule has 0 radical (unpaired) electrons. The molecule has 3 atom stereocenters. The highest BCUT2D eigenvalue weighted by molar-refractivity contribution is 9.10. The number of anilines is 1. The summed E-state index contributed by atoms with van der Waals surface area (Å²) >= 11 is 3.85. The van der Waals surface area contributed by atoms with Crippen LogP contribution >= 0.6 is 15.9 Å². The minimum absolute atomic E-state index is 0.0984. The van der Waals surface area contributed by atoms with Gasteiger partial charge < -0.3 is 19.0 Å². The molecule has 0 aliphatic carbocycles. The highest BCUT2D eigenvalue weighted by atomic mass is 79.9. The van der Waals surface area contributed by atoms with Crippen LogP contribution in [-0.4, -0.2) is 56.5 Å². The first-order valence-electron chi connectivity index (χ1n) is 12.2. The Labute approximate surface area is 210 Å². The normalized spacial score (nSPS) is 23.2. The van der Waals surface area contributed by atoms with Crippen LogP contribution in [0, 0.1) is 11.3 Å². The summed E-state index contributed by atoms with van der Waals surface area (Å²) in [6.07, 6.45) is 0.644. The Bertz CT molecular complexity index is 902. The summed E-state index contributed by atoms with van der Waals surface area (Å²) in [6, 6.07) is 2.59. The Morgan fingerprint density at radius 3 is 2.39 bits per heavy atom. The SMILES string of the molecule is C[SiH2]OC(C)(c1nc2c(cc1Br)C[C@@H]1CN(C(=O)OC(C)(C)C)C[C@@H](C)N21)C(C)(C)C(C)C. The third kappa shape index (κ3) is 4.85. The second kappa shape index (κ2) is 9.15. The van der Waals surface area contributed by atoms with Crippen LogP contribution < -0.4 is 4.90 Å². The largest absolute Gasteiger partial charge is 0.444 e. The summed E-state index contributed by atoms with van der Waals surface area (Å²) < 4.78 is 13.3. The number of ether oxygens (including phenoxy) is 1. The number of halogens is 1. The molecule has 1 aromatic heterocycles. The number of amides is 1. The Morgan fingerprint density at radius 1 is 1.21 bits per heavy atom. The average molecular weight is 541 g/mol. The average Bonchev–Trinajstić information content (AvgIpc) is 3.03. The Balaban J connectivity index is 1.97. The van der Waals surface area contributed by atoms with Crippen molar-refractivity contribution in [2.24, 2.45) is 11.3 Å². The maximum Gasteiger partial charge on any atom is 0.410 e. The van der Waals surface area contributed by atoms with Gasteiger partial charge in [0, 0.05) is 29.0 Å². The Hall–Kier alpha value is -1.12. The number of hydrogen-bond donors (Lipinski definition) is 0. The lowest BCUT2D eigenvalue weighted by atomic mass is 9.67. The molecular weight excluding hydrogens is 498 g/mol. The molecule has 2 aliphatic heterocycles. The molecule has 6 nitrogen and oxygen atoms in total. The van der Waals surface area contributed by atoms with Crippen LogP contribution in [0.15, 0.2) is 10.5 Å². The van der Waals surface area contributed by atoms with E-state index in [1.165, 1.54) is 5.56 Å². The van der Waals surface area contributed by atoms with Gasteiger partial charge in [0.05, 0.1) is 11.7 Å². The predicted octanol–water partition coefficient (Wildman–Crippen LogP) is 5.26. The van der Waals surface area contributed by atoms with Crippen molar-refractivity contribution in [2.45, 2.75) is 98.6 Å². The van der Waals surface area contributed by atoms with Gasteiger partial charge in [-0.05, 0) is 74.5 Å². The molecule has 1 amide bonds. The monoisotopic (exact) mass is 539 g/mol. The molecule has 0 N–H and O–H groups in total. The standard InChI is InChI=1S/C25H42BrN3O3Si/c1-15(2)24(7,8)25(9,32-33-10)20-19(26)12-17-11-18-14-28(22(30)31-23(4,5)6)13-16(3)29(18)21(17)27-20/h12,15-16,18H,11,13-14,33H2,1-10H3/t16-,18-,25?/m1/s1. The molecule has 186 valence electrons. The van der Waals surface area contributed by atoms with E-state index >= 15 is 0 Å². The van der Waals surface area contributed by atoms with E-state index in [0.717, 1.165) is 22.4 Å². The van der Waals surface area contributed by atoms with Crippen molar-refractivity contribution < 1.29 is 14.0 Å². The van der Waals surface area contributed by atoms with Crippen LogP contribution in [0.1, 0.15) is 73.6 Å². The number of aromatic nitrogens is 1. The lowest BCUT2D eigenvalue weighted by Gasteiger charge is -2.47. The molecule has 8 heteroatoms. The van der Waals surface area contributed by atoms with E-state index in [2.05, 4.69) is 75.0 Å². The van der Waals surface area contributed by atoms with Gasteiger partial charge in [0.25, 0.3) is 0 Å². The van der Waals surface area contributed by atoms with Gasteiger partial charge in [0.1, 0.15) is 17.0 Å². The zero-order valence-corrected chi connectivity index (χ0v) is 25.1. The molecule has 0 bridgehead atoms. The Morgan fingerprint density at radius 2 is 1.85 bits per heavy atom. The first kappa shape index (κ1) is 26.5. The molecule has 3 heterocycles. The molecule has 1 saturated heterocycles. The van der Waals surface area contributed by atoms with E-state index in [1.54, 1.807) is 0 Å². The lowest BCUT2D eigenvalue weighted by molar-refractivity contribution is -0.0618. The van der Waals surface area contributed by atoms with Crippen molar-refractivity contribution in [1.82, 2.24) is 9.88 Å². The minimum atomic E-state index is -0.670. The number of piperazine rings is 1. The van der Waals surface area contributed by atoms with Crippen LogP contribution in [0.3, 0.4) is 0 Å². The van der Waals surface area contributed by atoms with Crippen LogP contribution in [0.25, 0.3) is 0 Å². The molecule has 0 aromatic carbocycles. The van der Waals surface area contributed by atoms with Gasteiger partial charge in [-0.1, -0.05) is 34.2 Å². The maximum absolute atomic E-state index is 12.8. The summed E-state index contributed by atoms with van der Waals surface area (Å²) in [5.74, 6) is 1.47. The van der Waals surface area contributed by atoms with Crippen molar-refractivity contribution in [3.05, 3.63) is 21.8 Å². The molecule has 1 fully saturated rings. The number of pyridine rings is 1. The molecule has 1 aromatic rings. The summed E-state index contributed by atoms with van der Waals surface area (Å²) in [6.45, 7) is 22.7. The van der Waals surface area contributed by atoms with Gasteiger partial charge in [-0.2, -0.15) is 0 Å². The lowest BCUT2D eigenvalue weighted by Crippen LogP contribution is -2.58. The van der Waals surface area contributed by atoms with E-state index in [1.807, 2.05) is 25.7 Å². The molecule has 0 saturated carbocycles. The fourth-order valence-electron chi connectivity index (χ4n) is 5.08. The number of carbonyl (C=O) groups excluding carboxylic acids is 1. The van der Waals surface area contributed by atoms with E-state index in [-0.39, 0.29) is 23.6 Å². The van der Waals surface area contributed by atoms with E-state index in [4.69, 9.17) is 14.1 Å². The van der Waals surface area contributed by atoms with Gasteiger partial charge in [-0.3, -0.25) is 0 Å². The van der Waals surface area contributed by atoms with Crippen molar-refractivity contribution in [3.8, 4) is 0 Å². The zero-order chi connectivity index (χ0) is 24.9. The highest BCUT2D eigenvalue weighted by Crippen LogP contribution is 2.50. The molecular formula is C25H42BrN3O3Si. The van der Waals surface area contributed by atoms with Crippen LogP contribution in [0.2, 0.25) is 6.55 Å². The van der Waals surface area contributed by atoms with Gasteiger partial charge in [0.15, 0.2) is 9.76 Å². The third-order valence-electron chi connectivity index (χ3n) is 7.73. The fraction of sp³-hybridized carbons (Fsp3) is 0.760. The van der Waals surface area contributed by atoms with Crippen molar-refractivity contribution in [3.63, 3.8) is 0 Å². The van der Waals surface area contributed by atoms with Crippen molar-refractivity contribution in [2.75, 3.05) is 18.0 Å². The van der Waals surface area contributed by atoms with Crippen LogP contribution in [-0.2, 0) is 21.2 Å². The van der Waals surface area contributed by atoms with Crippen LogP contribution in [0.4, 0.5) is 10.6 Å². The fourth-order valence-corrected chi connectivity index (χ4v) is 6.91. The molecule has 33 heavy (non-hydrogen) atoms. The summed E-state index contributed by atoms with van der Waals surface area (Å²) in [4.78, 5) is 22.3. The summed E-state index contributed by atoms with van der Waals surface area (Å²) in [5.41, 5.74) is 1.13. The first-order chi connectivity index (χ1) is 15.1. The zero-order valence-electron chi connectivity index (χ0n) is 22.1. The smallest absolute Gasteiger partial charge is 0.410 e. The quantitative estimate of drug-likeness (QED) is 0.477. The van der Waals surface area contributed by atoms with Gasteiger partial charge >= 0.3 is 6.09 Å². The van der Waals surface area contributed by atoms with Gasteiger partial charge in [-0.15, -0.1) is 0 Å². The molecule has 3 rings (SSSR count). The van der Waals surface area contributed by atoms with Crippen molar-refractivity contribution >= 4 is 37.6 Å². The highest BCUT2D eigenvalue weighted by Gasteiger charge is 2.49. The van der Waals surface area contributed by atoms with E-state index in [9.17, 15) is 4.79 Å². The van der Waals surface area contributed by atoms with E-state index in [0.29, 0.717) is 19.0 Å². The molecule has 0 spiro atoms. The van der Waals surface area contributed by atoms with Crippen LogP contribution in [0.5, 0.6) is 0 Å². The number of rotatable bonds is 5. The number of nitrogens with zero attached hydrogens (tertiary/aromatic N) is 3. The topological polar surface area (TPSA) is 54.9 Å². The Kier molecular flexibility index (Phi) is 7.34.